The number of carbonyl (C=O) groups excluding carboxylic acids is 1. The highest BCUT2D eigenvalue weighted by molar-refractivity contribution is 6.04. The summed E-state index contributed by atoms with van der Waals surface area (Å²) in [5, 5.41) is 6.21. The van der Waals surface area contributed by atoms with Gasteiger partial charge in [0, 0.05) is 24.5 Å². The molecule has 0 radical (unpaired) electrons. The number of hydrogen-bond donors (Lipinski definition) is 2. The van der Waals surface area contributed by atoms with E-state index in [1.165, 1.54) is 0 Å². The maximum atomic E-state index is 12.8. The number of likely N-dealkylation sites (N-methyl/N-ethyl adjacent to an activating group) is 1. The van der Waals surface area contributed by atoms with Crippen LogP contribution in [0.3, 0.4) is 0 Å². The summed E-state index contributed by atoms with van der Waals surface area (Å²) in [6.45, 7) is 9.68. The van der Waals surface area contributed by atoms with E-state index in [4.69, 9.17) is 0 Å². The number of para-hydroxylation sites is 1. The minimum absolute atomic E-state index is 0.220. The van der Waals surface area contributed by atoms with Crippen LogP contribution in [0.4, 0.5) is 11.6 Å². The van der Waals surface area contributed by atoms with Gasteiger partial charge in [0.15, 0.2) is 0 Å². The molecule has 0 saturated carbocycles. The zero-order valence-electron chi connectivity index (χ0n) is 16.6. The molecule has 2 aromatic rings. The van der Waals surface area contributed by atoms with Crippen molar-refractivity contribution >= 4 is 17.5 Å². The zero-order valence-corrected chi connectivity index (χ0v) is 16.6. The second-order valence-corrected chi connectivity index (χ2v) is 7.10. The molecule has 6 nitrogen and oxygen atoms in total. The third-order valence-corrected chi connectivity index (χ3v) is 4.09. The van der Waals surface area contributed by atoms with Gasteiger partial charge in [-0.1, -0.05) is 32.0 Å². The van der Waals surface area contributed by atoms with Gasteiger partial charge >= 0.3 is 0 Å². The van der Waals surface area contributed by atoms with Crippen molar-refractivity contribution < 1.29 is 4.79 Å². The molecule has 2 N–H and O–H groups in total. The van der Waals surface area contributed by atoms with E-state index in [1.54, 1.807) is 6.07 Å². The van der Waals surface area contributed by atoms with Crippen LogP contribution in [0.1, 0.15) is 47.1 Å². The topological polar surface area (TPSA) is 70.2 Å². The Hall–Kier alpha value is -2.47. The van der Waals surface area contributed by atoms with Gasteiger partial charge in [-0.3, -0.25) is 4.79 Å². The molecule has 0 bridgehead atoms. The summed E-state index contributed by atoms with van der Waals surface area (Å²) in [6, 6.07) is 7.77. The minimum Gasteiger partial charge on any atom is -0.353 e. The molecule has 0 aliphatic rings. The largest absolute Gasteiger partial charge is 0.353 e. The summed E-state index contributed by atoms with van der Waals surface area (Å²) in [5.41, 5.74) is 4.15. The maximum absolute atomic E-state index is 12.8. The number of carbonyl (C=O) groups is 1. The van der Waals surface area contributed by atoms with E-state index in [-0.39, 0.29) is 5.91 Å². The van der Waals surface area contributed by atoms with Crippen molar-refractivity contribution in [3.63, 3.8) is 0 Å². The fourth-order valence-electron chi connectivity index (χ4n) is 2.68. The predicted molar refractivity (Wildman–Crippen MR) is 107 cm³/mol. The summed E-state index contributed by atoms with van der Waals surface area (Å²) >= 11 is 0. The third kappa shape index (κ3) is 5.26. The Labute approximate surface area is 156 Å². The number of nitrogens with one attached hydrogen (secondary N) is 2. The van der Waals surface area contributed by atoms with Crippen molar-refractivity contribution in [2.24, 2.45) is 0 Å². The molecular formula is C20H29N5O. The zero-order chi connectivity index (χ0) is 19.3. The second kappa shape index (κ2) is 8.76. The Balaban J connectivity index is 2.21. The SMILES string of the molecule is Cc1cc(C(=O)Nc2c(C)cccc2C(C)C)nc(NCCN(C)C)n1. The highest BCUT2D eigenvalue weighted by Crippen LogP contribution is 2.27. The molecule has 0 unspecified atom stereocenters. The Morgan fingerprint density at radius 3 is 2.58 bits per heavy atom. The van der Waals surface area contributed by atoms with E-state index in [2.05, 4.69) is 39.3 Å². The Bertz CT molecular complexity index is 771. The molecule has 6 heteroatoms. The van der Waals surface area contributed by atoms with Crippen molar-refractivity contribution in [3.8, 4) is 0 Å². The number of hydrogen-bond acceptors (Lipinski definition) is 5. The molecule has 0 fully saturated rings. The highest BCUT2D eigenvalue weighted by Gasteiger charge is 2.15. The van der Waals surface area contributed by atoms with Gasteiger partial charge in [-0.2, -0.15) is 0 Å². The van der Waals surface area contributed by atoms with Crippen molar-refractivity contribution in [2.75, 3.05) is 37.8 Å². The van der Waals surface area contributed by atoms with Crippen molar-refractivity contribution in [3.05, 3.63) is 46.8 Å². The lowest BCUT2D eigenvalue weighted by Gasteiger charge is -2.16. The smallest absolute Gasteiger partial charge is 0.274 e. The van der Waals surface area contributed by atoms with Crippen LogP contribution in [-0.2, 0) is 0 Å². The van der Waals surface area contributed by atoms with Crippen LogP contribution in [0.5, 0.6) is 0 Å². The van der Waals surface area contributed by atoms with Crippen LogP contribution in [0, 0.1) is 13.8 Å². The van der Waals surface area contributed by atoms with Crippen molar-refractivity contribution in [2.45, 2.75) is 33.6 Å². The van der Waals surface area contributed by atoms with Crippen LogP contribution in [0.25, 0.3) is 0 Å². The Morgan fingerprint density at radius 2 is 1.92 bits per heavy atom. The Morgan fingerprint density at radius 1 is 1.19 bits per heavy atom. The molecule has 0 saturated heterocycles. The van der Waals surface area contributed by atoms with Gasteiger partial charge in [-0.15, -0.1) is 0 Å². The fraction of sp³-hybridized carbons (Fsp3) is 0.450. The van der Waals surface area contributed by atoms with Gasteiger partial charge in [-0.25, -0.2) is 9.97 Å². The van der Waals surface area contributed by atoms with Gasteiger partial charge < -0.3 is 15.5 Å². The first-order valence-electron chi connectivity index (χ1n) is 8.93. The summed E-state index contributed by atoms with van der Waals surface area (Å²) in [4.78, 5) is 23.6. The van der Waals surface area contributed by atoms with Crippen LogP contribution in [-0.4, -0.2) is 48.0 Å². The summed E-state index contributed by atoms with van der Waals surface area (Å²) in [6.07, 6.45) is 0. The molecule has 1 aromatic carbocycles. The summed E-state index contributed by atoms with van der Waals surface area (Å²) in [5.74, 6) is 0.578. The molecule has 0 atom stereocenters. The lowest BCUT2D eigenvalue weighted by molar-refractivity contribution is 0.102. The molecule has 0 spiro atoms. The number of benzene rings is 1. The summed E-state index contributed by atoms with van der Waals surface area (Å²) in [7, 11) is 4.01. The quantitative estimate of drug-likeness (QED) is 0.796. The fourth-order valence-corrected chi connectivity index (χ4v) is 2.68. The lowest BCUT2D eigenvalue weighted by atomic mass is 9.98. The molecule has 0 aliphatic carbocycles. The van der Waals surface area contributed by atoms with E-state index >= 15 is 0 Å². The monoisotopic (exact) mass is 355 g/mol. The predicted octanol–water partition coefficient (Wildman–Crippen LogP) is 3.44. The Kier molecular flexibility index (Phi) is 6.69. The first kappa shape index (κ1) is 19.8. The van der Waals surface area contributed by atoms with Gasteiger partial charge in [0.1, 0.15) is 5.69 Å². The first-order chi connectivity index (χ1) is 12.3. The van der Waals surface area contributed by atoms with Gasteiger partial charge in [0.2, 0.25) is 5.95 Å². The van der Waals surface area contributed by atoms with E-state index in [1.807, 2.05) is 46.1 Å². The minimum atomic E-state index is -0.220. The van der Waals surface area contributed by atoms with Crippen LogP contribution < -0.4 is 10.6 Å². The maximum Gasteiger partial charge on any atom is 0.274 e. The molecular weight excluding hydrogens is 326 g/mol. The van der Waals surface area contributed by atoms with E-state index in [0.717, 1.165) is 29.1 Å². The molecule has 2 rings (SSSR count). The van der Waals surface area contributed by atoms with Crippen LogP contribution in [0.15, 0.2) is 24.3 Å². The normalized spacial score (nSPS) is 11.1. The van der Waals surface area contributed by atoms with E-state index < -0.39 is 0 Å². The number of aryl methyl sites for hydroxylation is 2. The number of rotatable bonds is 7. The number of aromatic nitrogens is 2. The molecule has 1 aromatic heterocycles. The number of anilines is 2. The van der Waals surface area contributed by atoms with Crippen LogP contribution >= 0.6 is 0 Å². The third-order valence-electron chi connectivity index (χ3n) is 4.09. The average Bonchev–Trinajstić information content (AvgIpc) is 2.55. The second-order valence-electron chi connectivity index (χ2n) is 7.10. The van der Waals surface area contributed by atoms with Crippen molar-refractivity contribution in [1.29, 1.82) is 0 Å². The van der Waals surface area contributed by atoms with Crippen LogP contribution in [0.2, 0.25) is 0 Å². The molecule has 140 valence electrons. The van der Waals surface area contributed by atoms with E-state index in [0.29, 0.717) is 24.1 Å². The van der Waals surface area contributed by atoms with Gasteiger partial charge in [0.25, 0.3) is 5.91 Å². The molecule has 1 amide bonds. The van der Waals surface area contributed by atoms with Gasteiger partial charge in [-0.05, 0) is 51.1 Å². The number of amides is 1. The lowest BCUT2D eigenvalue weighted by Crippen LogP contribution is -2.22. The standard InChI is InChI=1S/C20H29N5O/c1-13(2)16-9-7-8-14(3)18(16)24-19(26)17-12-15(4)22-20(23-17)21-10-11-25(5)6/h7-9,12-13H,10-11H2,1-6H3,(H,24,26)(H,21,22,23). The molecule has 1 heterocycles. The van der Waals surface area contributed by atoms with Crippen molar-refractivity contribution in [1.82, 2.24) is 14.9 Å². The number of nitrogens with zero attached hydrogens (tertiary/aromatic N) is 3. The molecule has 0 aliphatic heterocycles. The summed E-state index contributed by atoms with van der Waals surface area (Å²) < 4.78 is 0. The average molecular weight is 355 g/mol. The first-order valence-corrected chi connectivity index (χ1v) is 8.93. The van der Waals surface area contributed by atoms with E-state index in [9.17, 15) is 4.79 Å². The highest BCUT2D eigenvalue weighted by atomic mass is 16.1. The molecule has 26 heavy (non-hydrogen) atoms. The van der Waals surface area contributed by atoms with Gasteiger partial charge in [0.05, 0.1) is 0 Å².